The molecule has 78 valence electrons. The Bertz CT molecular complexity index is 538. The zero-order valence-corrected chi connectivity index (χ0v) is 8.97. The molecule has 4 nitrogen and oxygen atoms in total. The van der Waals surface area contributed by atoms with Gasteiger partial charge in [0.25, 0.3) is 0 Å². The van der Waals surface area contributed by atoms with Gasteiger partial charge in [-0.3, -0.25) is 0 Å². The number of fused-ring (bicyclic) bond motifs is 1. The van der Waals surface area contributed by atoms with Gasteiger partial charge < -0.3 is 15.5 Å². The van der Waals surface area contributed by atoms with Crippen LogP contribution in [0.4, 0.5) is 9.18 Å². The number of nitrogens with two attached hydrogens (primary N) is 1. The highest BCUT2D eigenvalue weighted by Gasteiger charge is 2.11. The van der Waals surface area contributed by atoms with Crippen molar-refractivity contribution in [1.29, 1.82) is 0 Å². The molecule has 2 aromatic rings. The zero-order chi connectivity index (χ0) is 11.0. The summed E-state index contributed by atoms with van der Waals surface area (Å²) >= 11 is 3.14. The molecule has 0 atom stereocenters. The lowest BCUT2D eigenvalue weighted by Gasteiger charge is -1.99. The highest BCUT2D eigenvalue weighted by atomic mass is 79.9. The number of nitrogens with one attached hydrogen (secondary N) is 1. The van der Waals surface area contributed by atoms with Crippen molar-refractivity contribution in [2.75, 3.05) is 0 Å². The average molecular weight is 273 g/mol. The summed E-state index contributed by atoms with van der Waals surface area (Å²) in [5.41, 5.74) is 5.14. The molecule has 0 saturated carbocycles. The van der Waals surface area contributed by atoms with Gasteiger partial charge in [0, 0.05) is 16.1 Å². The van der Waals surface area contributed by atoms with Gasteiger partial charge >= 0.3 is 6.09 Å². The summed E-state index contributed by atoms with van der Waals surface area (Å²) in [4.78, 5) is 13.2. The minimum atomic E-state index is -0.934. The molecule has 0 aliphatic rings. The van der Waals surface area contributed by atoms with Gasteiger partial charge in [0.2, 0.25) is 0 Å². The molecule has 0 unspecified atom stereocenters. The lowest BCUT2D eigenvalue weighted by atomic mass is 10.2. The summed E-state index contributed by atoms with van der Waals surface area (Å²) in [6, 6.07) is 2.94. The summed E-state index contributed by atoms with van der Waals surface area (Å²) < 4.78 is 18.6. The fourth-order valence-corrected chi connectivity index (χ4v) is 1.75. The highest BCUT2D eigenvalue weighted by Crippen LogP contribution is 2.30. The predicted molar refractivity (Wildman–Crippen MR) is 56.2 cm³/mol. The number of hydrogen-bond donors (Lipinski definition) is 2. The smallest absolute Gasteiger partial charge is 0.408 e. The molecule has 1 amide bonds. The van der Waals surface area contributed by atoms with Crippen LogP contribution in [0.25, 0.3) is 10.9 Å². The van der Waals surface area contributed by atoms with Crippen LogP contribution in [0.2, 0.25) is 0 Å². The number of halogens is 2. The molecule has 2 rings (SSSR count). The lowest BCUT2D eigenvalue weighted by molar-refractivity contribution is 0.211. The highest BCUT2D eigenvalue weighted by molar-refractivity contribution is 9.10. The summed E-state index contributed by atoms with van der Waals surface area (Å²) in [6.07, 6.45) is 0.446. The van der Waals surface area contributed by atoms with Gasteiger partial charge in [-0.25, -0.2) is 9.18 Å². The molecule has 15 heavy (non-hydrogen) atoms. The number of aromatic nitrogens is 1. The topological polar surface area (TPSA) is 68.1 Å². The quantitative estimate of drug-likeness (QED) is 0.838. The number of benzene rings is 1. The van der Waals surface area contributed by atoms with Crippen molar-refractivity contribution in [3.05, 3.63) is 28.6 Å². The molecule has 0 radical (unpaired) electrons. The van der Waals surface area contributed by atoms with E-state index in [0.717, 1.165) is 0 Å². The number of amides is 1. The van der Waals surface area contributed by atoms with Crippen molar-refractivity contribution in [3.8, 4) is 5.75 Å². The monoisotopic (exact) mass is 272 g/mol. The molecule has 0 aliphatic carbocycles. The van der Waals surface area contributed by atoms with Crippen LogP contribution in [-0.2, 0) is 0 Å². The minimum Gasteiger partial charge on any atom is -0.408 e. The van der Waals surface area contributed by atoms with Gasteiger partial charge in [-0.05, 0) is 12.1 Å². The van der Waals surface area contributed by atoms with Crippen molar-refractivity contribution < 1.29 is 13.9 Å². The lowest BCUT2D eigenvalue weighted by Crippen LogP contribution is -2.15. The number of H-pyrrole nitrogens is 1. The molecule has 0 bridgehead atoms. The third-order valence-electron chi connectivity index (χ3n) is 1.88. The van der Waals surface area contributed by atoms with Crippen LogP contribution in [-0.4, -0.2) is 11.1 Å². The van der Waals surface area contributed by atoms with E-state index in [1.807, 2.05) is 0 Å². The van der Waals surface area contributed by atoms with E-state index in [2.05, 4.69) is 20.9 Å². The van der Waals surface area contributed by atoms with Gasteiger partial charge in [0.05, 0.1) is 5.52 Å². The van der Waals surface area contributed by atoms with E-state index >= 15 is 0 Å². The Balaban J connectivity index is 2.63. The standard InChI is InChI=1S/C9H6BrFN2O2/c10-4-1-5-7(15-9(12)14)3-13-8(5)6(11)2-4/h1-3,13H,(H2,12,14). The molecule has 1 aromatic heterocycles. The number of aromatic amines is 1. The Morgan fingerprint density at radius 1 is 1.53 bits per heavy atom. The summed E-state index contributed by atoms with van der Waals surface area (Å²) in [5.74, 6) is -0.226. The zero-order valence-electron chi connectivity index (χ0n) is 7.38. The number of carbonyl (C=O) groups excluding carboxylic acids is 1. The van der Waals surface area contributed by atoms with Crippen LogP contribution >= 0.6 is 15.9 Å². The van der Waals surface area contributed by atoms with E-state index in [0.29, 0.717) is 9.86 Å². The number of rotatable bonds is 1. The number of ether oxygens (including phenoxy) is 1. The molecule has 1 heterocycles. The van der Waals surface area contributed by atoms with E-state index in [-0.39, 0.29) is 11.3 Å². The number of carbonyl (C=O) groups is 1. The van der Waals surface area contributed by atoms with Gasteiger partial charge in [-0.2, -0.15) is 0 Å². The predicted octanol–water partition coefficient (Wildman–Crippen LogP) is 2.53. The summed E-state index contributed by atoms with van der Waals surface area (Å²) in [7, 11) is 0. The Labute approximate surface area is 92.3 Å². The van der Waals surface area contributed by atoms with Gasteiger partial charge in [-0.1, -0.05) is 15.9 Å². The van der Waals surface area contributed by atoms with Crippen LogP contribution in [0.5, 0.6) is 5.75 Å². The fourth-order valence-electron chi connectivity index (χ4n) is 1.32. The second-order valence-electron chi connectivity index (χ2n) is 2.88. The van der Waals surface area contributed by atoms with Crippen LogP contribution in [0, 0.1) is 5.82 Å². The maximum absolute atomic E-state index is 13.4. The van der Waals surface area contributed by atoms with E-state index in [9.17, 15) is 9.18 Å². The van der Waals surface area contributed by atoms with Crippen LogP contribution in [0.1, 0.15) is 0 Å². The molecule has 0 saturated heterocycles. The summed E-state index contributed by atoms with van der Waals surface area (Å²) in [6.45, 7) is 0. The molecule has 1 aromatic carbocycles. The van der Waals surface area contributed by atoms with Gasteiger partial charge in [0.15, 0.2) is 5.75 Å². The third-order valence-corrected chi connectivity index (χ3v) is 2.34. The molecule has 0 aliphatic heterocycles. The second kappa shape index (κ2) is 3.54. The fraction of sp³-hybridized carbons (Fsp3) is 0. The third kappa shape index (κ3) is 1.80. The SMILES string of the molecule is NC(=O)Oc1c[nH]c2c(F)cc(Br)cc12. The van der Waals surface area contributed by atoms with E-state index < -0.39 is 11.9 Å². The van der Waals surface area contributed by atoms with Crippen LogP contribution in [0.3, 0.4) is 0 Å². The maximum atomic E-state index is 13.4. The largest absolute Gasteiger partial charge is 0.410 e. The van der Waals surface area contributed by atoms with Crippen molar-refractivity contribution in [1.82, 2.24) is 4.98 Å². The Kier molecular flexibility index (Phi) is 2.36. The molecular formula is C9H6BrFN2O2. The minimum absolute atomic E-state index is 0.206. The Morgan fingerprint density at radius 3 is 2.93 bits per heavy atom. The normalized spacial score (nSPS) is 10.5. The molecule has 6 heteroatoms. The summed E-state index contributed by atoms with van der Waals surface area (Å²) in [5, 5.41) is 0.459. The first-order chi connectivity index (χ1) is 7.08. The van der Waals surface area contributed by atoms with E-state index in [1.54, 1.807) is 6.07 Å². The van der Waals surface area contributed by atoms with Crippen molar-refractivity contribution in [2.45, 2.75) is 0 Å². The van der Waals surface area contributed by atoms with E-state index in [1.165, 1.54) is 12.3 Å². The Hall–Kier alpha value is -1.56. The molecule has 0 spiro atoms. The molecular weight excluding hydrogens is 267 g/mol. The number of primary amides is 1. The molecule has 0 fully saturated rings. The number of hydrogen-bond acceptors (Lipinski definition) is 2. The first-order valence-corrected chi connectivity index (χ1v) is 4.80. The molecule has 3 N–H and O–H groups in total. The van der Waals surface area contributed by atoms with Gasteiger partial charge in [0.1, 0.15) is 5.82 Å². The van der Waals surface area contributed by atoms with E-state index in [4.69, 9.17) is 10.5 Å². The first kappa shape index (κ1) is 9.97. The van der Waals surface area contributed by atoms with Crippen LogP contribution < -0.4 is 10.5 Å². The van der Waals surface area contributed by atoms with Crippen LogP contribution in [0.15, 0.2) is 22.8 Å². The average Bonchev–Trinajstić information content (AvgIpc) is 2.48. The first-order valence-electron chi connectivity index (χ1n) is 4.01. The van der Waals surface area contributed by atoms with Crippen molar-refractivity contribution in [2.24, 2.45) is 5.73 Å². The van der Waals surface area contributed by atoms with Crippen molar-refractivity contribution >= 4 is 32.9 Å². The second-order valence-corrected chi connectivity index (χ2v) is 3.80. The van der Waals surface area contributed by atoms with Crippen molar-refractivity contribution in [3.63, 3.8) is 0 Å². The Morgan fingerprint density at radius 2 is 2.27 bits per heavy atom. The van der Waals surface area contributed by atoms with Gasteiger partial charge in [-0.15, -0.1) is 0 Å². The maximum Gasteiger partial charge on any atom is 0.410 e.